The third kappa shape index (κ3) is 4.31. The summed E-state index contributed by atoms with van der Waals surface area (Å²) in [5.74, 6) is -0.861. The highest BCUT2D eigenvalue weighted by atomic mass is 32.2. The number of Topliss-reactive ketones (excluding diaryl/α,β-unsaturated/α-hetero) is 1. The van der Waals surface area contributed by atoms with Crippen molar-refractivity contribution >= 4 is 33.4 Å². The number of benzene rings is 1. The van der Waals surface area contributed by atoms with E-state index in [1.165, 1.54) is 11.0 Å². The molecule has 1 amide bonds. The Kier molecular flexibility index (Phi) is 5.15. The van der Waals surface area contributed by atoms with Crippen molar-refractivity contribution in [3.8, 4) is 0 Å². The topological polar surface area (TPSA) is 104 Å². The summed E-state index contributed by atoms with van der Waals surface area (Å²) in [5, 5.41) is 0. The molecule has 0 radical (unpaired) electrons. The maximum atomic E-state index is 14.5. The first kappa shape index (κ1) is 18.6. The SMILES string of the molecule is O=C1CCN(c2ccc(N3CC(CCS(=O)(=O)O)OC3=O)cc2F)CC1. The average Bonchev–Trinajstić information content (AvgIpc) is 2.94. The minimum Gasteiger partial charge on any atom is -0.444 e. The first-order chi connectivity index (χ1) is 12.2. The molecule has 2 fully saturated rings. The molecule has 1 atom stereocenters. The molecule has 2 heterocycles. The van der Waals surface area contributed by atoms with Crippen LogP contribution in [0.5, 0.6) is 0 Å². The number of ether oxygens (including phenoxy) is 1. The van der Waals surface area contributed by atoms with Gasteiger partial charge in [-0.2, -0.15) is 8.42 Å². The second-order valence-electron chi connectivity index (χ2n) is 6.35. The highest BCUT2D eigenvalue weighted by molar-refractivity contribution is 7.85. The zero-order valence-electron chi connectivity index (χ0n) is 13.9. The van der Waals surface area contributed by atoms with Crippen molar-refractivity contribution in [2.24, 2.45) is 0 Å². The fraction of sp³-hybridized carbons (Fsp3) is 0.500. The van der Waals surface area contributed by atoms with Gasteiger partial charge in [0.25, 0.3) is 10.1 Å². The van der Waals surface area contributed by atoms with E-state index >= 15 is 0 Å². The van der Waals surface area contributed by atoms with Gasteiger partial charge in [0.1, 0.15) is 17.7 Å². The molecule has 0 aromatic heterocycles. The molecule has 26 heavy (non-hydrogen) atoms. The van der Waals surface area contributed by atoms with E-state index in [9.17, 15) is 22.4 Å². The lowest BCUT2D eigenvalue weighted by Crippen LogP contribution is -2.34. The molecular weight excluding hydrogens is 367 g/mol. The van der Waals surface area contributed by atoms with Crippen molar-refractivity contribution < 1.29 is 31.7 Å². The fourth-order valence-corrected chi connectivity index (χ4v) is 3.64. The van der Waals surface area contributed by atoms with Crippen LogP contribution in [0, 0.1) is 5.82 Å². The van der Waals surface area contributed by atoms with E-state index in [0.717, 1.165) is 0 Å². The summed E-state index contributed by atoms with van der Waals surface area (Å²) in [6.07, 6.45) is -0.658. The van der Waals surface area contributed by atoms with Crippen molar-refractivity contribution in [2.75, 3.05) is 35.2 Å². The predicted octanol–water partition coefficient (Wildman–Crippen LogP) is 1.60. The highest BCUT2D eigenvalue weighted by Gasteiger charge is 2.33. The number of halogens is 1. The van der Waals surface area contributed by atoms with Crippen molar-refractivity contribution in [2.45, 2.75) is 25.4 Å². The number of cyclic esters (lactones) is 1. The minimum absolute atomic E-state index is 0.0382. The van der Waals surface area contributed by atoms with Gasteiger partial charge in [-0.1, -0.05) is 0 Å². The summed E-state index contributed by atoms with van der Waals surface area (Å²) in [5.41, 5.74) is 0.676. The maximum absolute atomic E-state index is 14.5. The number of hydrogen-bond donors (Lipinski definition) is 1. The van der Waals surface area contributed by atoms with Gasteiger partial charge in [-0.15, -0.1) is 0 Å². The lowest BCUT2D eigenvalue weighted by atomic mass is 10.1. The van der Waals surface area contributed by atoms with E-state index in [1.807, 2.05) is 0 Å². The Hall–Kier alpha value is -2.20. The molecule has 3 rings (SSSR count). The Balaban J connectivity index is 1.69. The summed E-state index contributed by atoms with van der Waals surface area (Å²) < 4.78 is 49.9. The maximum Gasteiger partial charge on any atom is 0.414 e. The Labute approximate surface area is 150 Å². The van der Waals surface area contributed by atoms with Crippen LogP contribution in [-0.4, -0.2) is 56.3 Å². The van der Waals surface area contributed by atoms with Crippen LogP contribution in [0.2, 0.25) is 0 Å². The van der Waals surface area contributed by atoms with Gasteiger partial charge < -0.3 is 9.64 Å². The van der Waals surface area contributed by atoms with E-state index in [2.05, 4.69) is 0 Å². The van der Waals surface area contributed by atoms with Crippen LogP contribution in [0.1, 0.15) is 19.3 Å². The molecule has 8 nitrogen and oxygen atoms in total. The van der Waals surface area contributed by atoms with Crippen LogP contribution in [-0.2, 0) is 19.6 Å². The van der Waals surface area contributed by atoms with E-state index in [1.54, 1.807) is 17.0 Å². The number of ketones is 1. The largest absolute Gasteiger partial charge is 0.444 e. The number of piperidine rings is 1. The van der Waals surface area contributed by atoms with Gasteiger partial charge in [0.15, 0.2) is 0 Å². The summed E-state index contributed by atoms with van der Waals surface area (Å²) in [6, 6.07) is 4.36. The lowest BCUT2D eigenvalue weighted by molar-refractivity contribution is -0.119. The number of anilines is 2. The third-order valence-corrected chi connectivity index (χ3v) is 5.23. The molecule has 0 aliphatic carbocycles. The van der Waals surface area contributed by atoms with Crippen LogP contribution in [0.3, 0.4) is 0 Å². The first-order valence-electron chi connectivity index (χ1n) is 8.22. The van der Waals surface area contributed by atoms with Gasteiger partial charge in [0.2, 0.25) is 0 Å². The van der Waals surface area contributed by atoms with Crippen molar-refractivity contribution in [1.29, 1.82) is 0 Å². The molecule has 142 valence electrons. The third-order valence-electron chi connectivity index (χ3n) is 4.48. The zero-order valence-corrected chi connectivity index (χ0v) is 14.7. The number of carbonyl (C=O) groups is 2. The van der Waals surface area contributed by atoms with Gasteiger partial charge in [-0.3, -0.25) is 14.2 Å². The van der Waals surface area contributed by atoms with Gasteiger partial charge >= 0.3 is 6.09 Å². The van der Waals surface area contributed by atoms with Crippen LogP contribution in [0.25, 0.3) is 0 Å². The average molecular weight is 386 g/mol. The van der Waals surface area contributed by atoms with E-state index < -0.39 is 33.9 Å². The summed E-state index contributed by atoms with van der Waals surface area (Å²) in [6.45, 7) is 0.989. The zero-order chi connectivity index (χ0) is 18.9. The molecule has 1 unspecified atom stereocenters. The Morgan fingerprint density at radius 3 is 2.54 bits per heavy atom. The molecule has 2 aliphatic heterocycles. The van der Waals surface area contributed by atoms with Gasteiger partial charge in [0, 0.05) is 32.4 Å². The first-order valence-corrected chi connectivity index (χ1v) is 9.83. The number of rotatable bonds is 5. The summed E-state index contributed by atoms with van der Waals surface area (Å²) in [4.78, 5) is 26.3. The summed E-state index contributed by atoms with van der Waals surface area (Å²) >= 11 is 0. The van der Waals surface area contributed by atoms with Gasteiger partial charge in [-0.05, 0) is 18.2 Å². The molecular formula is C16H19FN2O6S. The van der Waals surface area contributed by atoms with Gasteiger partial charge in [0.05, 0.1) is 23.7 Å². The Bertz CT molecular complexity index is 818. The Morgan fingerprint density at radius 2 is 1.92 bits per heavy atom. The second-order valence-corrected chi connectivity index (χ2v) is 7.92. The molecule has 10 heteroatoms. The van der Waals surface area contributed by atoms with Crippen molar-refractivity contribution in [3.63, 3.8) is 0 Å². The number of nitrogens with zero attached hydrogens (tertiary/aromatic N) is 2. The molecule has 1 aromatic rings. The molecule has 1 aromatic carbocycles. The second kappa shape index (κ2) is 7.20. The smallest absolute Gasteiger partial charge is 0.414 e. The molecule has 2 aliphatic rings. The van der Waals surface area contributed by atoms with Crippen LogP contribution >= 0.6 is 0 Å². The number of hydrogen-bond acceptors (Lipinski definition) is 6. The minimum atomic E-state index is -4.14. The highest BCUT2D eigenvalue weighted by Crippen LogP contribution is 2.29. The van der Waals surface area contributed by atoms with E-state index in [4.69, 9.17) is 9.29 Å². The summed E-state index contributed by atoms with van der Waals surface area (Å²) in [7, 11) is -4.14. The molecule has 2 saturated heterocycles. The monoisotopic (exact) mass is 386 g/mol. The Morgan fingerprint density at radius 1 is 1.23 bits per heavy atom. The fourth-order valence-electron chi connectivity index (χ4n) is 3.08. The number of amides is 1. The standard InChI is InChI=1S/C16H19FN2O6S/c17-14-9-11(1-2-15(14)18-6-3-12(20)4-7-18)19-10-13(25-16(19)21)5-8-26(22,23)24/h1-2,9,13H,3-8,10H2,(H,22,23,24). The normalized spacial score (nSPS) is 21.2. The van der Waals surface area contributed by atoms with Crippen molar-refractivity contribution in [3.05, 3.63) is 24.0 Å². The van der Waals surface area contributed by atoms with Crippen LogP contribution < -0.4 is 9.80 Å². The number of carbonyl (C=O) groups excluding carboxylic acids is 2. The van der Waals surface area contributed by atoms with E-state index in [-0.39, 0.29) is 18.7 Å². The molecule has 1 N–H and O–H groups in total. The quantitative estimate of drug-likeness (QED) is 0.767. The predicted molar refractivity (Wildman–Crippen MR) is 91.5 cm³/mol. The molecule has 0 spiro atoms. The van der Waals surface area contributed by atoms with Gasteiger partial charge in [-0.25, -0.2) is 9.18 Å². The van der Waals surface area contributed by atoms with Crippen LogP contribution in [0.15, 0.2) is 18.2 Å². The van der Waals surface area contributed by atoms with Crippen LogP contribution in [0.4, 0.5) is 20.6 Å². The van der Waals surface area contributed by atoms with Crippen molar-refractivity contribution in [1.82, 2.24) is 0 Å². The lowest BCUT2D eigenvalue weighted by Gasteiger charge is -2.28. The molecule has 0 bridgehead atoms. The van der Waals surface area contributed by atoms with E-state index in [0.29, 0.717) is 37.3 Å². The molecule has 0 saturated carbocycles.